The van der Waals surface area contributed by atoms with Crippen LogP contribution in [-0.2, 0) is 0 Å². The number of amides is 1. The molecule has 0 aromatic heterocycles. The van der Waals surface area contributed by atoms with E-state index in [9.17, 15) is 14.3 Å². The maximum Gasteiger partial charge on any atom is 0.404 e. The molecule has 1 aromatic rings. The Kier molecular flexibility index (Phi) is 4.71. The first kappa shape index (κ1) is 13.2. The third-order valence-corrected chi connectivity index (χ3v) is 2.06. The van der Waals surface area contributed by atoms with Crippen LogP contribution in [0.4, 0.5) is 9.18 Å². The lowest BCUT2D eigenvalue weighted by Crippen LogP contribution is -2.26. The molecule has 1 unspecified atom stereocenters. The second-order valence-electron chi connectivity index (χ2n) is 3.44. The van der Waals surface area contributed by atoms with Crippen molar-refractivity contribution in [1.29, 1.82) is 0 Å². The smallest absolute Gasteiger partial charge is 0.404 e. The zero-order chi connectivity index (χ0) is 12.8. The van der Waals surface area contributed by atoms with Gasteiger partial charge in [0.2, 0.25) is 0 Å². The molecule has 0 aliphatic carbocycles. The highest BCUT2D eigenvalue weighted by Crippen LogP contribution is 2.25. The monoisotopic (exact) mass is 243 g/mol. The van der Waals surface area contributed by atoms with E-state index in [0.717, 1.165) is 0 Å². The van der Waals surface area contributed by atoms with Gasteiger partial charge in [0.25, 0.3) is 0 Å². The molecule has 0 spiro atoms. The summed E-state index contributed by atoms with van der Waals surface area (Å²) >= 11 is 0. The van der Waals surface area contributed by atoms with Crippen molar-refractivity contribution in [2.75, 3.05) is 13.2 Å². The number of rotatable bonds is 5. The minimum absolute atomic E-state index is 0.109. The summed E-state index contributed by atoms with van der Waals surface area (Å²) in [5.74, 6) is -0.120. The van der Waals surface area contributed by atoms with E-state index in [1.165, 1.54) is 25.1 Å². The van der Waals surface area contributed by atoms with Crippen LogP contribution in [0.5, 0.6) is 5.75 Å². The van der Waals surface area contributed by atoms with Crippen molar-refractivity contribution < 1.29 is 24.1 Å². The van der Waals surface area contributed by atoms with Gasteiger partial charge in [0.1, 0.15) is 18.2 Å². The van der Waals surface area contributed by atoms with Crippen LogP contribution < -0.4 is 10.1 Å². The Morgan fingerprint density at radius 2 is 2.29 bits per heavy atom. The van der Waals surface area contributed by atoms with E-state index >= 15 is 0 Å². The summed E-state index contributed by atoms with van der Waals surface area (Å²) in [4.78, 5) is 10.2. The van der Waals surface area contributed by atoms with Gasteiger partial charge in [0, 0.05) is 5.56 Å². The summed E-state index contributed by atoms with van der Waals surface area (Å²) in [6.45, 7) is 1.72. The SMILES string of the molecule is CC(O)c1cc(F)ccc1OCCNC(=O)O. The molecule has 3 N–H and O–H groups in total. The molecule has 0 heterocycles. The van der Waals surface area contributed by atoms with Crippen LogP contribution >= 0.6 is 0 Å². The highest BCUT2D eigenvalue weighted by Gasteiger charge is 2.10. The van der Waals surface area contributed by atoms with Gasteiger partial charge in [-0.3, -0.25) is 0 Å². The van der Waals surface area contributed by atoms with Crippen LogP contribution in [0, 0.1) is 5.82 Å². The predicted octanol–water partition coefficient (Wildman–Crippen LogP) is 1.53. The zero-order valence-corrected chi connectivity index (χ0v) is 9.31. The van der Waals surface area contributed by atoms with Gasteiger partial charge < -0.3 is 20.3 Å². The number of ether oxygens (including phenoxy) is 1. The number of carboxylic acid groups (broad SMARTS) is 1. The Bertz CT molecular complexity index is 395. The van der Waals surface area contributed by atoms with Crippen LogP contribution in [-0.4, -0.2) is 29.5 Å². The van der Waals surface area contributed by atoms with Crippen LogP contribution in [0.25, 0.3) is 0 Å². The molecule has 1 rings (SSSR count). The molecule has 1 aromatic carbocycles. The van der Waals surface area contributed by atoms with Crippen molar-refractivity contribution in [3.63, 3.8) is 0 Å². The molecule has 0 saturated heterocycles. The van der Waals surface area contributed by atoms with E-state index in [4.69, 9.17) is 9.84 Å². The Labute approximate surface area is 97.8 Å². The second kappa shape index (κ2) is 6.05. The standard InChI is InChI=1S/C11H14FNO4/c1-7(14)9-6-8(12)2-3-10(9)17-5-4-13-11(15)16/h2-3,6-7,13-14H,4-5H2,1H3,(H,15,16). The minimum atomic E-state index is -1.14. The van der Waals surface area contributed by atoms with E-state index < -0.39 is 18.0 Å². The van der Waals surface area contributed by atoms with Crippen molar-refractivity contribution in [2.24, 2.45) is 0 Å². The van der Waals surface area contributed by atoms with Crippen molar-refractivity contribution in [2.45, 2.75) is 13.0 Å². The lowest BCUT2D eigenvalue weighted by atomic mass is 10.1. The van der Waals surface area contributed by atoms with Gasteiger partial charge in [0.15, 0.2) is 0 Å². The first-order valence-electron chi connectivity index (χ1n) is 5.08. The highest BCUT2D eigenvalue weighted by molar-refractivity contribution is 5.64. The van der Waals surface area contributed by atoms with Gasteiger partial charge in [-0.1, -0.05) is 0 Å². The first-order valence-corrected chi connectivity index (χ1v) is 5.08. The van der Waals surface area contributed by atoms with E-state index in [1.54, 1.807) is 0 Å². The molecule has 0 aliphatic rings. The van der Waals surface area contributed by atoms with Gasteiger partial charge in [0.05, 0.1) is 12.6 Å². The zero-order valence-electron chi connectivity index (χ0n) is 9.31. The summed E-state index contributed by atoms with van der Waals surface area (Å²) in [5, 5.41) is 19.9. The number of nitrogens with one attached hydrogen (secondary N) is 1. The quantitative estimate of drug-likeness (QED) is 0.685. The fourth-order valence-electron chi connectivity index (χ4n) is 1.30. The molecule has 0 fully saturated rings. The Morgan fingerprint density at radius 1 is 1.59 bits per heavy atom. The second-order valence-corrected chi connectivity index (χ2v) is 3.44. The van der Waals surface area contributed by atoms with Crippen LogP contribution in [0.3, 0.4) is 0 Å². The topological polar surface area (TPSA) is 78.8 Å². The van der Waals surface area contributed by atoms with Gasteiger partial charge >= 0.3 is 6.09 Å². The van der Waals surface area contributed by atoms with E-state index in [-0.39, 0.29) is 13.2 Å². The number of aliphatic hydroxyl groups is 1. The van der Waals surface area contributed by atoms with E-state index in [2.05, 4.69) is 5.32 Å². The molecular weight excluding hydrogens is 229 g/mol. The normalized spacial score (nSPS) is 11.9. The molecule has 1 atom stereocenters. The summed E-state index contributed by atoms with van der Waals surface area (Å²) in [6, 6.07) is 3.80. The number of benzene rings is 1. The third kappa shape index (κ3) is 4.28. The molecule has 0 aliphatic heterocycles. The van der Waals surface area contributed by atoms with Gasteiger partial charge in [-0.05, 0) is 25.1 Å². The maximum atomic E-state index is 12.9. The molecule has 5 nitrogen and oxygen atoms in total. The van der Waals surface area contributed by atoms with Crippen molar-refractivity contribution in [3.8, 4) is 5.75 Å². The molecule has 0 saturated carbocycles. The van der Waals surface area contributed by atoms with Crippen molar-refractivity contribution in [1.82, 2.24) is 5.32 Å². The number of hydrogen-bond acceptors (Lipinski definition) is 3. The summed E-state index contributed by atoms with van der Waals surface area (Å²) in [5.41, 5.74) is 0.334. The number of carbonyl (C=O) groups is 1. The third-order valence-electron chi connectivity index (χ3n) is 2.06. The average molecular weight is 243 g/mol. The van der Waals surface area contributed by atoms with Crippen LogP contribution in [0.1, 0.15) is 18.6 Å². The van der Waals surface area contributed by atoms with Gasteiger partial charge in [-0.15, -0.1) is 0 Å². The van der Waals surface area contributed by atoms with E-state index in [0.29, 0.717) is 11.3 Å². The Morgan fingerprint density at radius 3 is 2.88 bits per heavy atom. The Balaban J connectivity index is 2.61. The first-order chi connectivity index (χ1) is 8.00. The molecular formula is C11H14FNO4. The fraction of sp³-hybridized carbons (Fsp3) is 0.364. The molecule has 17 heavy (non-hydrogen) atoms. The highest BCUT2D eigenvalue weighted by atomic mass is 19.1. The van der Waals surface area contributed by atoms with Crippen molar-refractivity contribution in [3.05, 3.63) is 29.6 Å². The van der Waals surface area contributed by atoms with Crippen LogP contribution in [0.15, 0.2) is 18.2 Å². The summed E-state index contributed by atoms with van der Waals surface area (Å²) < 4.78 is 18.2. The molecule has 6 heteroatoms. The minimum Gasteiger partial charge on any atom is -0.491 e. The summed E-state index contributed by atoms with van der Waals surface area (Å²) in [7, 11) is 0. The van der Waals surface area contributed by atoms with Gasteiger partial charge in [-0.2, -0.15) is 0 Å². The summed E-state index contributed by atoms with van der Waals surface area (Å²) in [6.07, 6.45) is -1.99. The lowest BCUT2D eigenvalue weighted by Gasteiger charge is -2.13. The van der Waals surface area contributed by atoms with Gasteiger partial charge in [-0.25, -0.2) is 9.18 Å². The largest absolute Gasteiger partial charge is 0.491 e. The molecule has 0 radical (unpaired) electrons. The predicted molar refractivity (Wildman–Crippen MR) is 58.6 cm³/mol. The molecule has 0 bridgehead atoms. The maximum absolute atomic E-state index is 12.9. The van der Waals surface area contributed by atoms with Crippen LogP contribution in [0.2, 0.25) is 0 Å². The molecule has 1 amide bonds. The average Bonchev–Trinajstić information content (AvgIpc) is 2.25. The number of hydrogen-bond donors (Lipinski definition) is 3. The van der Waals surface area contributed by atoms with Crippen molar-refractivity contribution >= 4 is 6.09 Å². The number of aliphatic hydroxyl groups excluding tert-OH is 1. The fourth-order valence-corrected chi connectivity index (χ4v) is 1.30. The molecule has 94 valence electrons. The Hall–Kier alpha value is -1.82. The number of halogens is 1. The lowest BCUT2D eigenvalue weighted by molar-refractivity contribution is 0.185. The van der Waals surface area contributed by atoms with E-state index in [1.807, 2.05) is 0 Å².